The third-order valence-electron chi connectivity index (χ3n) is 1.65. The fraction of sp³-hybridized carbons (Fsp3) is 0.417. The number of aliphatic carboxylic acids is 1. The number of carbonyl (C=O) groups is 1. The normalized spacial score (nSPS) is 10.8. The zero-order valence-electron chi connectivity index (χ0n) is 10.5. The molecule has 18 heavy (non-hydrogen) atoms. The van der Waals surface area contributed by atoms with E-state index in [0.717, 1.165) is 12.1 Å². The van der Waals surface area contributed by atoms with E-state index >= 15 is 0 Å². The number of halogens is 3. The second-order valence-electron chi connectivity index (χ2n) is 4.33. The van der Waals surface area contributed by atoms with Crippen LogP contribution in [0.4, 0.5) is 13.2 Å². The Morgan fingerprint density at radius 3 is 1.89 bits per heavy atom. The van der Waals surface area contributed by atoms with Crippen LogP contribution in [-0.2, 0) is 30.4 Å². The van der Waals surface area contributed by atoms with Gasteiger partial charge in [-0.25, -0.2) is 0 Å². The first-order valence-electron chi connectivity index (χ1n) is 4.80. The summed E-state index contributed by atoms with van der Waals surface area (Å²) in [4.78, 5) is 9.91. The Morgan fingerprint density at radius 2 is 1.72 bits per heavy atom. The summed E-state index contributed by atoms with van der Waals surface area (Å²) in [7, 11) is 0. The van der Waals surface area contributed by atoms with Crippen molar-refractivity contribution in [3.05, 3.63) is 35.9 Å². The third-order valence-corrected chi connectivity index (χ3v) is 1.65. The predicted molar refractivity (Wildman–Crippen MR) is 54.7 cm³/mol. The molecule has 0 N–H and O–H groups in total. The van der Waals surface area contributed by atoms with Gasteiger partial charge in [-0.1, -0.05) is 26.3 Å². The maximum absolute atomic E-state index is 11.8. The number of alkyl halides is 3. The van der Waals surface area contributed by atoms with E-state index < -0.39 is 23.1 Å². The number of hydrogen-bond acceptors (Lipinski definition) is 2. The van der Waals surface area contributed by atoms with Crippen molar-refractivity contribution in [3.63, 3.8) is 0 Å². The molecule has 0 aliphatic carbocycles. The van der Waals surface area contributed by atoms with Crippen molar-refractivity contribution >= 4 is 5.97 Å². The minimum Gasteiger partial charge on any atom is -0.550 e. The van der Waals surface area contributed by atoms with E-state index in [1.54, 1.807) is 20.8 Å². The molecule has 0 amide bonds. The number of carboxylic acids is 1. The molecule has 0 bridgehead atoms. The maximum atomic E-state index is 11.8. The summed E-state index contributed by atoms with van der Waals surface area (Å²) < 4.78 is 35.3. The van der Waals surface area contributed by atoms with Gasteiger partial charge in [-0.2, -0.15) is 43.5 Å². The Kier molecular flexibility index (Phi) is 8.12. The van der Waals surface area contributed by atoms with E-state index in [2.05, 4.69) is 6.07 Å². The van der Waals surface area contributed by atoms with E-state index in [4.69, 9.17) is 0 Å². The largest absolute Gasteiger partial charge is 2.00 e. The Labute approximate surface area is 117 Å². The van der Waals surface area contributed by atoms with Crippen LogP contribution in [0, 0.1) is 11.5 Å². The molecular formula is C12H13F3O2Zn. The van der Waals surface area contributed by atoms with Gasteiger partial charge in [0.2, 0.25) is 0 Å². The first kappa shape index (κ1) is 19.4. The molecule has 2 nitrogen and oxygen atoms in total. The van der Waals surface area contributed by atoms with Gasteiger partial charge in [0.25, 0.3) is 0 Å². The molecule has 0 aromatic heterocycles. The zero-order chi connectivity index (χ0) is 13.7. The molecule has 1 aromatic carbocycles. The van der Waals surface area contributed by atoms with Crippen LogP contribution in [-0.4, -0.2) is 5.97 Å². The van der Waals surface area contributed by atoms with Crippen LogP contribution in [0.3, 0.4) is 0 Å². The maximum Gasteiger partial charge on any atom is 2.00 e. The average Bonchev–Trinajstić information content (AvgIpc) is 2.17. The monoisotopic (exact) mass is 310 g/mol. The molecule has 0 unspecified atom stereocenters. The van der Waals surface area contributed by atoms with Gasteiger partial charge >= 0.3 is 25.7 Å². The third kappa shape index (κ3) is 8.23. The summed E-state index contributed by atoms with van der Waals surface area (Å²) >= 11 is 0. The second kappa shape index (κ2) is 7.52. The number of rotatable bonds is 0. The van der Waals surface area contributed by atoms with Crippen LogP contribution >= 0.6 is 0 Å². The Bertz CT molecular complexity index is 356. The first-order valence-corrected chi connectivity index (χ1v) is 4.80. The fourth-order valence-electron chi connectivity index (χ4n) is 0.570. The molecule has 0 aliphatic rings. The van der Waals surface area contributed by atoms with Crippen LogP contribution in [0.2, 0.25) is 0 Å². The fourth-order valence-corrected chi connectivity index (χ4v) is 0.570. The summed E-state index contributed by atoms with van der Waals surface area (Å²) in [5.74, 6) is -1.01. The first-order chi connectivity index (χ1) is 7.55. The molecule has 0 atom stereocenters. The minimum atomic E-state index is -4.24. The van der Waals surface area contributed by atoms with Gasteiger partial charge in [0.1, 0.15) is 0 Å². The Balaban J connectivity index is 0. The summed E-state index contributed by atoms with van der Waals surface area (Å²) in [5, 5.41) is 9.91. The number of carbonyl (C=O) groups excluding carboxylic acids is 1. The van der Waals surface area contributed by atoms with Gasteiger partial charge in [0.05, 0.1) is 0 Å². The van der Waals surface area contributed by atoms with Crippen molar-refractivity contribution in [1.29, 1.82) is 0 Å². The topological polar surface area (TPSA) is 40.1 Å². The molecule has 0 saturated heterocycles. The number of benzene rings is 1. The van der Waals surface area contributed by atoms with E-state index in [1.165, 1.54) is 12.1 Å². The standard InChI is InChI=1S/C7H4F3.C5H10O2.Zn/c8-7(9,10)6-4-2-1-3-5-6;1-5(2,3)4(6)7;/h1-2,4-5H;1-3H3,(H,6,7);/q-1;;+2/p-1. The van der Waals surface area contributed by atoms with E-state index in [0.29, 0.717) is 0 Å². The van der Waals surface area contributed by atoms with Gasteiger partial charge in [-0.15, -0.1) is 0 Å². The summed E-state index contributed by atoms with van der Waals surface area (Å²) in [6.07, 6.45) is -4.24. The molecular weight excluding hydrogens is 299 g/mol. The van der Waals surface area contributed by atoms with Crippen LogP contribution in [0.5, 0.6) is 0 Å². The van der Waals surface area contributed by atoms with Gasteiger partial charge in [0, 0.05) is 11.4 Å². The molecule has 0 saturated carbocycles. The summed E-state index contributed by atoms with van der Waals surface area (Å²) in [5.41, 5.74) is -1.35. The van der Waals surface area contributed by atoms with Gasteiger partial charge in [-0.05, 0) is 0 Å². The quantitative estimate of drug-likeness (QED) is 0.545. The SMILES string of the molecule is CC(C)(C)C(=O)[O-].FC(F)(F)c1c[c-]ccc1.[Zn+2]. The molecule has 0 heterocycles. The van der Waals surface area contributed by atoms with Gasteiger partial charge < -0.3 is 9.90 Å². The van der Waals surface area contributed by atoms with E-state index in [-0.39, 0.29) is 19.5 Å². The molecule has 0 fully saturated rings. The Morgan fingerprint density at radius 1 is 1.28 bits per heavy atom. The molecule has 96 valence electrons. The van der Waals surface area contributed by atoms with Crippen LogP contribution in [0.1, 0.15) is 26.3 Å². The summed E-state index contributed by atoms with van der Waals surface area (Å²) in [6.45, 7) is 4.80. The Hall–Kier alpha value is -0.897. The molecule has 0 spiro atoms. The molecule has 6 heteroatoms. The molecule has 1 aromatic rings. The van der Waals surface area contributed by atoms with Crippen LogP contribution in [0.25, 0.3) is 0 Å². The molecule has 0 radical (unpaired) electrons. The van der Waals surface area contributed by atoms with Crippen molar-refractivity contribution < 1.29 is 42.6 Å². The smallest absolute Gasteiger partial charge is 0.550 e. The van der Waals surface area contributed by atoms with Crippen molar-refractivity contribution in [2.24, 2.45) is 5.41 Å². The zero-order valence-corrected chi connectivity index (χ0v) is 13.4. The van der Waals surface area contributed by atoms with E-state index in [9.17, 15) is 23.1 Å². The average molecular weight is 312 g/mol. The van der Waals surface area contributed by atoms with Crippen LogP contribution in [0.15, 0.2) is 24.3 Å². The van der Waals surface area contributed by atoms with Gasteiger partial charge in [0.15, 0.2) is 0 Å². The second-order valence-corrected chi connectivity index (χ2v) is 4.33. The number of carboxylic acid groups (broad SMARTS) is 1. The predicted octanol–water partition coefficient (Wildman–Crippen LogP) is 2.29. The van der Waals surface area contributed by atoms with Crippen LogP contribution < -0.4 is 5.11 Å². The number of hydrogen-bond donors (Lipinski definition) is 0. The minimum absolute atomic E-state index is 0. The molecule has 1 rings (SSSR count). The van der Waals surface area contributed by atoms with Crippen molar-refractivity contribution in [3.8, 4) is 0 Å². The van der Waals surface area contributed by atoms with Crippen molar-refractivity contribution in [2.75, 3.05) is 0 Å². The van der Waals surface area contributed by atoms with Crippen molar-refractivity contribution in [1.82, 2.24) is 0 Å². The van der Waals surface area contributed by atoms with Gasteiger partial charge in [-0.3, -0.25) is 0 Å². The molecule has 0 aliphatic heterocycles. The van der Waals surface area contributed by atoms with E-state index in [1.807, 2.05) is 0 Å². The van der Waals surface area contributed by atoms with Crippen molar-refractivity contribution in [2.45, 2.75) is 26.9 Å². The summed E-state index contributed by atoms with van der Waals surface area (Å²) in [6, 6.07) is 7.01.